The van der Waals surface area contributed by atoms with Crippen LogP contribution in [0.5, 0.6) is 5.75 Å². The highest BCUT2D eigenvalue weighted by molar-refractivity contribution is 5.89. The van der Waals surface area contributed by atoms with Crippen molar-refractivity contribution >= 4 is 16.9 Å². The standard InChI is InChI=1S/C25H25N3O5/c1-5-25(33-6-2)18-10-20-22-14(11-28(20)23(30)17(18)13-32-24(25)31)9-15-16(12-27(3)4)21(29)8-7-19(15)26-22/h6-10,29H,2,5,11-13H2,1,3-4H3. The van der Waals surface area contributed by atoms with Gasteiger partial charge in [-0.05, 0) is 44.8 Å². The van der Waals surface area contributed by atoms with Crippen LogP contribution in [0.4, 0.5) is 0 Å². The Hall–Kier alpha value is -3.65. The van der Waals surface area contributed by atoms with E-state index in [1.54, 1.807) is 16.7 Å². The molecule has 0 saturated heterocycles. The second-order valence-electron chi connectivity index (χ2n) is 8.72. The lowest BCUT2D eigenvalue weighted by atomic mass is 9.85. The van der Waals surface area contributed by atoms with Gasteiger partial charge in [0.05, 0.1) is 35.3 Å². The van der Waals surface area contributed by atoms with Crippen LogP contribution in [0, 0.1) is 0 Å². The maximum Gasteiger partial charge on any atom is 0.355 e. The Balaban J connectivity index is 1.75. The van der Waals surface area contributed by atoms with Crippen molar-refractivity contribution < 1.29 is 19.4 Å². The topological polar surface area (TPSA) is 93.9 Å². The molecule has 0 radical (unpaired) electrons. The van der Waals surface area contributed by atoms with Gasteiger partial charge < -0.3 is 24.0 Å². The van der Waals surface area contributed by atoms with Crippen molar-refractivity contribution in [3.05, 3.63) is 69.7 Å². The lowest BCUT2D eigenvalue weighted by Gasteiger charge is -2.35. The molecule has 1 aromatic carbocycles. The molecule has 8 heteroatoms. The fourth-order valence-corrected chi connectivity index (χ4v) is 4.91. The number of aromatic hydroxyl groups is 1. The Morgan fingerprint density at radius 3 is 2.82 bits per heavy atom. The van der Waals surface area contributed by atoms with E-state index in [-0.39, 0.29) is 17.9 Å². The minimum Gasteiger partial charge on any atom is -0.508 e. The average molecular weight is 447 g/mol. The van der Waals surface area contributed by atoms with E-state index in [4.69, 9.17) is 14.5 Å². The van der Waals surface area contributed by atoms with Gasteiger partial charge >= 0.3 is 5.97 Å². The number of rotatable bonds is 5. The molecule has 2 aliphatic rings. The second kappa shape index (κ2) is 7.45. The zero-order valence-electron chi connectivity index (χ0n) is 18.8. The predicted octanol–water partition coefficient (Wildman–Crippen LogP) is 3.01. The first kappa shape index (κ1) is 21.2. The molecule has 4 heterocycles. The zero-order valence-corrected chi connectivity index (χ0v) is 18.8. The maximum atomic E-state index is 13.5. The summed E-state index contributed by atoms with van der Waals surface area (Å²) in [7, 11) is 3.88. The molecular weight excluding hydrogens is 422 g/mol. The molecule has 0 saturated carbocycles. The highest BCUT2D eigenvalue weighted by Gasteiger charge is 2.48. The van der Waals surface area contributed by atoms with E-state index in [1.807, 2.05) is 38.1 Å². The fourth-order valence-electron chi connectivity index (χ4n) is 4.91. The van der Waals surface area contributed by atoms with Gasteiger partial charge in [0.25, 0.3) is 5.56 Å². The summed E-state index contributed by atoms with van der Waals surface area (Å²) in [5.41, 5.74) is 3.00. The van der Waals surface area contributed by atoms with Gasteiger partial charge in [-0.25, -0.2) is 9.78 Å². The Morgan fingerprint density at radius 2 is 2.12 bits per heavy atom. The predicted molar refractivity (Wildman–Crippen MR) is 123 cm³/mol. The van der Waals surface area contributed by atoms with Crippen molar-refractivity contribution in [2.75, 3.05) is 14.1 Å². The summed E-state index contributed by atoms with van der Waals surface area (Å²) in [5.74, 6) is -0.318. The minimum atomic E-state index is -1.41. The number of cyclic esters (lactones) is 1. The van der Waals surface area contributed by atoms with Crippen LogP contribution in [0.25, 0.3) is 22.3 Å². The monoisotopic (exact) mass is 447 g/mol. The van der Waals surface area contributed by atoms with Crippen molar-refractivity contribution in [1.82, 2.24) is 14.5 Å². The number of aromatic nitrogens is 2. The third kappa shape index (κ3) is 2.97. The smallest absolute Gasteiger partial charge is 0.355 e. The van der Waals surface area contributed by atoms with E-state index in [2.05, 4.69) is 6.58 Å². The number of hydrogen-bond acceptors (Lipinski definition) is 7. The molecule has 0 bridgehead atoms. The van der Waals surface area contributed by atoms with E-state index in [1.165, 1.54) is 6.26 Å². The summed E-state index contributed by atoms with van der Waals surface area (Å²) in [6.07, 6.45) is 1.50. The molecule has 1 unspecified atom stereocenters. The van der Waals surface area contributed by atoms with Gasteiger partial charge in [-0.3, -0.25) is 4.79 Å². The number of phenols is 1. The maximum absolute atomic E-state index is 13.5. The number of ether oxygens (including phenoxy) is 2. The lowest BCUT2D eigenvalue weighted by Crippen LogP contribution is -2.45. The number of benzene rings is 1. The highest BCUT2D eigenvalue weighted by Crippen LogP contribution is 2.41. The van der Waals surface area contributed by atoms with Gasteiger partial charge in [0, 0.05) is 28.6 Å². The molecule has 0 fully saturated rings. The molecule has 1 N–H and O–H groups in total. The summed E-state index contributed by atoms with van der Waals surface area (Å²) in [4.78, 5) is 33.1. The van der Waals surface area contributed by atoms with Crippen molar-refractivity contribution in [3.8, 4) is 17.1 Å². The van der Waals surface area contributed by atoms with E-state index < -0.39 is 11.6 Å². The number of esters is 1. The van der Waals surface area contributed by atoms with Crippen LogP contribution in [0.15, 0.2) is 41.9 Å². The first-order chi connectivity index (χ1) is 15.8. The number of nitrogens with zero attached hydrogens (tertiary/aromatic N) is 3. The van der Waals surface area contributed by atoms with Crippen molar-refractivity contribution in [1.29, 1.82) is 0 Å². The molecule has 0 amide bonds. The molecule has 170 valence electrons. The SMILES string of the molecule is C=COC1(CC)C(=O)OCc2c1cc1n(c2=O)Cc2cc3c(CN(C)C)c(O)ccc3nc2-1. The van der Waals surface area contributed by atoms with E-state index in [0.717, 1.165) is 22.0 Å². The minimum absolute atomic E-state index is 0.0951. The largest absolute Gasteiger partial charge is 0.508 e. The van der Waals surface area contributed by atoms with Crippen LogP contribution in [0.3, 0.4) is 0 Å². The average Bonchev–Trinajstić information content (AvgIpc) is 3.14. The number of pyridine rings is 2. The summed E-state index contributed by atoms with van der Waals surface area (Å²) >= 11 is 0. The Labute approximate surface area is 190 Å². The normalized spacial score (nSPS) is 18.6. The number of fused-ring (bicyclic) bond motifs is 5. The van der Waals surface area contributed by atoms with Gasteiger partial charge in [-0.15, -0.1) is 0 Å². The quantitative estimate of drug-likeness (QED) is 0.371. The van der Waals surface area contributed by atoms with Crippen molar-refractivity contribution in [2.24, 2.45) is 0 Å². The number of hydrogen-bond donors (Lipinski definition) is 1. The van der Waals surface area contributed by atoms with Gasteiger partial charge in [0.1, 0.15) is 12.4 Å². The Kier molecular flexibility index (Phi) is 4.79. The second-order valence-corrected chi connectivity index (χ2v) is 8.72. The zero-order chi connectivity index (χ0) is 23.5. The first-order valence-electron chi connectivity index (χ1n) is 10.8. The van der Waals surface area contributed by atoms with Crippen LogP contribution in [0.1, 0.15) is 35.6 Å². The van der Waals surface area contributed by atoms with Crippen LogP contribution in [-0.2, 0) is 39.6 Å². The number of carbonyl (C=O) groups is 1. The Bertz CT molecular complexity index is 1390. The summed E-state index contributed by atoms with van der Waals surface area (Å²) in [6, 6.07) is 7.25. The number of phenolic OH excluding ortho intramolecular Hbond substituents is 1. The molecule has 5 rings (SSSR count). The third-order valence-corrected chi connectivity index (χ3v) is 6.50. The molecule has 33 heavy (non-hydrogen) atoms. The molecular formula is C25H25N3O5. The van der Waals surface area contributed by atoms with Crippen molar-refractivity contribution in [2.45, 2.75) is 38.6 Å². The molecule has 1 atom stereocenters. The first-order valence-corrected chi connectivity index (χ1v) is 10.8. The molecule has 2 aliphatic heterocycles. The molecule has 0 spiro atoms. The van der Waals surface area contributed by atoms with Gasteiger partial charge in [0.2, 0.25) is 5.60 Å². The van der Waals surface area contributed by atoms with Crippen LogP contribution >= 0.6 is 0 Å². The van der Waals surface area contributed by atoms with E-state index in [9.17, 15) is 14.7 Å². The molecule has 0 aliphatic carbocycles. The summed E-state index contributed by atoms with van der Waals surface area (Å²) in [6.45, 7) is 6.23. The van der Waals surface area contributed by atoms with Crippen molar-refractivity contribution in [3.63, 3.8) is 0 Å². The van der Waals surface area contributed by atoms with Gasteiger partial charge in [-0.1, -0.05) is 13.5 Å². The van der Waals surface area contributed by atoms with Crippen LogP contribution in [-0.4, -0.2) is 39.6 Å². The molecule has 3 aromatic rings. The summed E-state index contributed by atoms with van der Waals surface area (Å²) < 4.78 is 12.7. The Morgan fingerprint density at radius 1 is 1.33 bits per heavy atom. The fraction of sp³-hybridized carbons (Fsp3) is 0.320. The van der Waals surface area contributed by atoms with E-state index in [0.29, 0.717) is 42.0 Å². The van der Waals surface area contributed by atoms with Gasteiger partial charge in [-0.2, -0.15) is 0 Å². The molecule has 8 nitrogen and oxygen atoms in total. The van der Waals surface area contributed by atoms with Gasteiger partial charge in [0.15, 0.2) is 0 Å². The van der Waals surface area contributed by atoms with Crippen LogP contribution < -0.4 is 5.56 Å². The van der Waals surface area contributed by atoms with E-state index >= 15 is 0 Å². The van der Waals surface area contributed by atoms with Crippen LogP contribution in [0.2, 0.25) is 0 Å². The lowest BCUT2D eigenvalue weighted by molar-refractivity contribution is -0.173. The molecule has 2 aromatic heterocycles. The highest BCUT2D eigenvalue weighted by atomic mass is 16.6. The number of carbonyl (C=O) groups excluding carboxylic acids is 1. The third-order valence-electron chi connectivity index (χ3n) is 6.50. The summed E-state index contributed by atoms with van der Waals surface area (Å²) in [5, 5.41) is 11.3.